The molecule has 0 saturated carbocycles. The highest BCUT2D eigenvalue weighted by Gasteiger charge is 2.22. The van der Waals surface area contributed by atoms with Gasteiger partial charge in [0.1, 0.15) is 6.54 Å². The third-order valence-corrected chi connectivity index (χ3v) is 4.75. The van der Waals surface area contributed by atoms with Gasteiger partial charge in [0.25, 0.3) is 0 Å². The summed E-state index contributed by atoms with van der Waals surface area (Å²) in [6.45, 7) is 5.75. The van der Waals surface area contributed by atoms with E-state index in [4.69, 9.17) is 0 Å². The van der Waals surface area contributed by atoms with Crippen molar-refractivity contribution in [1.82, 2.24) is 25.3 Å². The van der Waals surface area contributed by atoms with Crippen LogP contribution in [0.4, 0.5) is 5.69 Å². The molecule has 2 rings (SSSR count). The van der Waals surface area contributed by atoms with Crippen LogP contribution in [-0.2, 0) is 16.1 Å². The van der Waals surface area contributed by atoms with E-state index in [2.05, 4.69) is 28.0 Å². The van der Waals surface area contributed by atoms with Crippen molar-refractivity contribution in [1.29, 1.82) is 0 Å². The maximum Gasteiger partial charge on any atom is 0.241 e. The smallest absolute Gasteiger partial charge is 0.241 e. The van der Waals surface area contributed by atoms with Crippen LogP contribution in [0.3, 0.4) is 0 Å². The van der Waals surface area contributed by atoms with Gasteiger partial charge in [0.05, 0.1) is 11.9 Å². The highest BCUT2D eigenvalue weighted by Crippen LogP contribution is 2.22. The van der Waals surface area contributed by atoms with Gasteiger partial charge in [-0.3, -0.25) is 14.3 Å². The fraction of sp³-hybridized carbons (Fsp3) is 0.722. The lowest BCUT2D eigenvalue weighted by Crippen LogP contribution is -2.34. The lowest BCUT2D eigenvalue weighted by atomic mass is 9.85. The largest absolute Gasteiger partial charge is 0.353 e. The summed E-state index contributed by atoms with van der Waals surface area (Å²) >= 11 is 0. The van der Waals surface area contributed by atoms with Gasteiger partial charge in [-0.15, -0.1) is 24.8 Å². The zero-order valence-corrected chi connectivity index (χ0v) is 18.6. The molecule has 28 heavy (non-hydrogen) atoms. The fourth-order valence-corrected chi connectivity index (χ4v) is 3.17. The van der Waals surface area contributed by atoms with E-state index in [-0.39, 0.29) is 43.2 Å². The van der Waals surface area contributed by atoms with Gasteiger partial charge in [0.15, 0.2) is 0 Å². The molecule has 1 aromatic heterocycles. The second kappa shape index (κ2) is 13.8. The summed E-state index contributed by atoms with van der Waals surface area (Å²) in [6, 6.07) is 0. The van der Waals surface area contributed by atoms with E-state index in [1.54, 1.807) is 12.4 Å². The first-order valence-electron chi connectivity index (χ1n) is 9.38. The molecule has 2 atom stereocenters. The van der Waals surface area contributed by atoms with Gasteiger partial charge in [0, 0.05) is 25.7 Å². The Morgan fingerprint density at radius 3 is 2.75 bits per heavy atom. The van der Waals surface area contributed by atoms with Crippen molar-refractivity contribution >= 4 is 42.3 Å². The molecule has 2 heterocycles. The number of nitrogens with zero attached hydrogens (tertiary/aromatic N) is 3. The molecule has 8 nitrogen and oxygen atoms in total. The molecule has 1 aliphatic rings. The Balaban J connectivity index is 0.00000364. The van der Waals surface area contributed by atoms with Crippen LogP contribution in [0.2, 0.25) is 0 Å². The minimum Gasteiger partial charge on any atom is -0.353 e. The number of nitrogens with one attached hydrogen (secondary N) is 3. The number of piperidine rings is 1. The van der Waals surface area contributed by atoms with Gasteiger partial charge in [0.2, 0.25) is 11.8 Å². The van der Waals surface area contributed by atoms with Crippen LogP contribution >= 0.6 is 24.8 Å². The molecule has 1 fully saturated rings. The Bertz CT molecular complexity index is 590. The summed E-state index contributed by atoms with van der Waals surface area (Å²) in [7, 11) is 3.92. The van der Waals surface area contributed by atoms with Crippen LogP contribution in [0.25, 0.3) is 0 Å². The standard InChI is InChI=1S/C18H32N6O2.2ClH/c1-14(15-5-4-6-19-10-15)9-17(25)22-16-11-21-24(12-16)13-18(26)20-7-8-23(2)3;;/h11-12,14-15,19H,4-10,13H2,1-3H3,(H,20,26)(H,22,25);2*1H. The van der Waals surface area contributed by atoms with E-state index < -0.39 is 0 Å². The highest BCUT2D eigenvalue weighted by molar-refractivity contribution is 5.90. The molecule has 1 aliphatic heterocycles. The number of hydrogen-bond acceptors (Lipinski definition) is 5. The number of hydrogen-bond donors (Lipinski definition) is 3. The van der Waals surface area contributed by atoms with Gasteiger partial charge in [-0.1, -0.05) is 6.92 Å². The van der Waals surface area contributed by atoms with Crippen molar-refractivity contribution < 1.29 is 9.59 Å². The first-order chi connectivity index (χ1) is 12.4. The van der Waals surface area contributed by atoms with Gasteiger partial charge in [-0.05, 0) is 51.9 Å². The second-order valence-corrected chi connectivity index (χ2v) is 7.42. The predicted molar refractivity (Wildman–Crippen MR) is 116 cm³/mol. The van der Waals surface area contributed by atoms with Gasteiger partial charge in [-0.25, -0.2) is 0 Å². The Morgan fingerprint density at radius 1 is 1.36 bits per heavy atom. The molecular formula is C18H34Cl2N6O2. The molecule has 2 amide bonds. The number of halogens is 2. The zero-order chi connectivity index (χ0) is 18.9. The molecule has 0 aromatic carbocycles. The number of amides is 2. The third kappa shape index (κ3) is 9.73. The van der Waals surface area contributed by atoms with E-state index in [0.29, 0.717) is 30.5 Å². The fourth-order valence-electron chi connectivity index (χ4n) is 3.17. The summed E-state index contributed by atoms with van der Waals surface area (Å²) in [5.74, 6) is 0.813. The first-order valence-corrected chi connectivity index (χ1v) is 9.38. The highest BCUT2D eigenvalue weighted by atomic mass is 35.5. The quantitative estimate of drug-likeness (QED) is 0.543. The Kier molecular flexibility index (Phi) is 13.1. The zero-order valence-electron chi connectivity index (χ0n) is 16.9. The topological polar surface area (TPSA) is 91.3 Å². The molecule has 0 spiro atoms. The molecule has 1 saturated heterocycles. The van der Waals surface area contributed by atoms with Crippen molar-refractivity contribution in [3.05, 3.63) is 12.4 Å². The van der Waals surface area contributed by atoms with E-state index in [0.717, 1.165) is 19.6 Å². The average molecular weight is 437 g/mol. The number of rotatable bonds is 9. The van der Waals surface area contributed by atoms with Crippen molar-refractivity contribution in [2.45, 2.75) is 32.7 Å². The molecule has 0 aliphatic carbocycles. The lowest BCUT2D eigenvalue weighted by Gasteiger charge is -2.27. The molecular weight excluding hydrogens is 403 g/mol. The van der Waals surface area contributed by atoms with Crippen LogP contribution in [0.1, 0.15) is 26.2 Å². The number of aromatic nitrogens is 2. The van der Waals surface area contributed by atoms with Crippen molar-refractivity contribution in [2.24, 2.45) is 11.8 Å². The summed E-state index contributed by atoms with van der Waals surface area (Å²) in [4.78, 5) is 26.1. The Hall–Kier alpha value is -1.35. The van der Waals surface area contributed by atoms with Crippen LogP contribution in [0.5, 0.6) is 0 Å². The van der Waals surface area contributed by atoms with E-state index in [9.17, 15) is 9.59 Å². The second-order valence-electron chi connectivity index (χ2n) is 7.42. The SMILES string of the molecule is CC(CC(=O)Nc1cnn(CC(=O)NCCN(C)C)c1)C1CCCNC1.Cl.Cl. The Morgan fingerprint density at radius 2 is 2.11 bits per heavy atom. The van der Waals surface area contributed by atoms with Gasteiger partial charge < -0.3 is 20.9 Å². The summed E-state index contributed by atoms with van der Waals surface area (Å²) in [6.07, 6.45) is 6.14. The van der Waals surface area contributed by atoms with Crippen molar-refractivity contribution in [2.75, 3.05) is 45.6 Å². The van der Waals surface area contributed by atoms with Crippen LogP contribution < -0.4 is 16.0 Å². The maximum atomic E-state index is 12.2. The van der Waals surface area contributed by atoms with E-state index in [1.165, 1.54) is 17.5 Å². The molecule has 0 bridgehead atoms. The monoisotopic (exact) mass is 436 g/mol. The average Bonchev–Trinajstić information content (AvgIpc) is 3.01. The Labute approximate surface area is 180 Å². The van der Waals surface area contributed by atoms with Gasteiger partial charge in [-0.2, -0.15) is 5.10 Å². The number of carbonyl (C=O) groups excluding carboxylic acids is 2. The van der Waals surface area contributed by atoms with Crippen LogP contribution in [-0.4, -0.2) is 66.8 Å². The van der Waals surface area contributed by atoms with E-state index in [1.807, 2.05) is 19.0 Å². The molecule has 2 unspecified atom stereocenters. The predicted octanol–water partition coefficient (Wildman–Crippen LogP) is 1.37. The van der Waals surface area contributed by atoms with E-state index >= 15 is 0 Å². The molecule has 162 valence electrons. The first kappa shape index (κ1) is 26.6. The number of carbonyl (C=O) groups is 2. The lowest BCUT2D eigenvalue weighted by molar-refractivity contribution is -0.122. The molecule has 3 N–H and O–H groups in total. The van der Waals surface area contributed by atoms with Crippen molar-refractivity contribution in [3.8, 4) is 0 Å². The summed E-state index contributed by atoms with van der Waals surface area (Å²) in [5.41, 5.74) is 0.630. The van der Waals surface area contributed by atoms with Crippen molar-refractivity contribution in [3.63, 3.8) is 0 Å². The van der Waals surface area contributed by atoms with Crippen LogP contribution in [0.15, 0.2) is 12.4 Å². The minimum absolute atomic E-state index is 0. The number of likely N-dealkylation sites (N-methyl/N-ethyl adjacent to an activating group) is 1. The van der Waals surface area contributed by atoms with Gasteiger partial charge >= 0.3 is 0 Å². The number of anilines is 1. The maximum absolute atomic E-state index is 12.2. The molecule has 1 aromatic rings. The minimum atomic E-state index is -0.0914. The molecule has 0 radical (unpaired) electrons. The molecule has 10 heteroatoms. The third-order valence-electron chi connectivity index (χ3n) is 4.75. The summed E-state index contributed by atoms with van der Waals surface area (Å²) < 4.78 is 1.54. The van der Waals surface area contributed by atoms with Crippen LogP contribution in [0, 0.1) is 11.8 Å². The normalized spacial score (nSPS) is 17.2. The summed E-state index contributed by atoms with van der Waals surface area (Å²) in [5, 5.41) is 13.3.